The molecule has 1 heterocycles. The van der Waals surface area contributed by atoms with Crippen molar-refractivity contribution >= 4 is 16.0 Å². The van der Waals surface area contributed by atoms with Gasteiger partial charge in [-0.05, 0) is 36.7 Å². The zero-order valence-electron chi connectivity index (χ0n) is 18.0. The first kappa shape index (κ1) is 23.2. The number of aliphatic imine (C=N–C) groups is 1. The Morgan fingerprint density at radius 1 is 1.00 bits per heavy atom. The van der Waals surface area contributed by atoms with Crippen LogP contribution in [0.15, 0.2) is 58.4 Å². The molecule has 2 N–H and O–H groups in total. The molecule has 0 saturated carbocycles. The first-order valence-corrected chi connectivity index (χ1v) is 11.8. The van der Waals surface area contributed by atoms with E-state index in [2.05, 4.69) is 20.5 Å². The van der Waals surface area contributed by atoms with E-state index in [-0.39, 0.29) is 5.82 Å². The van der Waals surface area contributed by atoms with E-state index in [1.54, 1.807) is 35.6 Å². The standard InChI is InChI=1S/C22H30FN5O2S/c1-24-22(25-12-11-18-7-3-5-9-20(18)23)26-17-19-8-4-6-10-21(19)31(29,30)28-15-13-27(2)14-16-28/h3-10H,11-17H2,1-2H3,(H2,24,25,26). The Morgan fingerprint density at radius 3 is 2.32 bits per heavy atom. The van der Waals surface area contributed by atoms with Crippen molar-refractivity contribution in [3.63, 3.8) is 0 Å². The second kappa shape index (κ2) is 10.7. The lowest BCUT2D eigenvalue weighted by molar-refractivity contribution is 0.222. The number of hydrogen-bond donors (Lipinski definition) is 2. The maximum absolute atomic E-state index is 13.8. The van der Waals surface area contributed by atoms with Gasteiger partial charge in [0.2, 0.25) is 10.0 Å². The van der Waals surface area contributed by atoms with Gasteiger partial charge in [0.15, 0.2) is 5.96 Å². The molecule has 1 fully saturated rings. The molecule has 9 heteroatoms. The molecule has 2 aromatic carbocycles. The number of benzene rings is 2. The molecule has 0 bridgehead atoms. The van der Waals surface area contributed by atoms with Crippen LogP contribution in [0.2, 0.25) is 0 Å². The van der Waals surface area contributed by atoms with E-state index in [4.69, 9.17) is 0 Å². The lowest BCUT2D eigenvalue weighted by atomic mass is 10.1. The van der Waals surface area contributed by atoms with Crippen LogP contribution in [0.4, 0.5) is 4.39 Å². The van der Waals surface area contributed by atoms with Crippen LogP contribution in [0.5, 0.6) is 0 Å². The average molecular weight is 448 g/mol. The third kappa shape index (κ3) is 6.03. The summed E-state index contributed by atoms with van der Waals surface area (Å²) in [6.07, 6.45) is 0.516. The molecule has 2 aromatic rings. The van der Waals surface area contributed by atoms with Crippen LogP contribution < -0.4 is 10.6 Å². The Labute approximate surface area is 184 Å². The first-order valence-electron chi connectivity index (χ1n) is 10.4. The van der Waals surface area contributed by atoms with Crippen molar-refractivity contribution in [3.8, 4) is 0 Å². The molecule has 0 amide bonds. The number of hydrogen-bond acceptors (Lipinski definition) is 4. The monoisotopic (exact) mass is 447 g/mol. The predicted molar refractivity (Wildman–Crippen MR) is 121 cm³/mol. The van der Waals surface area contributed by atoms with Crippen LogP contribution in [0.3, 0.4) is 0 Å². The third-order valence-electron chi connectivity index (χ3n) is 5.37. The van der Waals surface area contributed by atoms with Gasteiger partial charge in [0, 0.05) is 46.3 Å². The molecular formula is C22H30FN5O2S. The predicted octanol–water partition coefficient (Wildman–Crippen LogP) is 1.67. The number of rotatable bonds is 7. The van der Waals surface area contributed by atoms with Gasteiger partial charge in [-0.15, -0.1) is 0 Å². The van der Waals surface area contributed by atoms with Crippen LogP contribution in [-0.4, -0.2) is 70.4 Å². The molecule has 3 rings (SSSR count). The second-order valence-corrected chi connectivity index (χ2v) is 9.42. The normalized spacial score (nSPS) is 16.3. The van der Waals surface area contributed by atoms with Crippen molar-refractivity contribution in [2.24, 2.45) is 4.99 Å². The van der Waals surface area contributed by atoms with Gasteiger partial charge >= 0.3 is 0 Å². The average Bonchev–Trinajstić information content (AvgIpc) is 2.78. The molecule has 1 saturated heterocycles. The van der Waals surface area contributed by atoms with Crippen LogP contribution in [0.1, 0.15) is 11.1 Å². The van der Waals surface area contributed by atoms with Gasteiger partial charge in [0.1, 0.15) is 5.82 Å². The van der Waals surface area contributed by atoms with Crippen molar-refractivity contribution in [2.75, 3.05) is 46.8 Å². The Kier molecular flexibility index (Phi) is 8.00. The van der Waals surface area contributed by atoms with Gasteiger partial charge in [-0.1, -0.05) is 36.4 Å². The van der Waals surface area contributed by atoms with Gasteiger partial charge in [-0.25, -0.2) is 12.8 Å². The Hall–Kier alpha value is -2.49. The quantitative estimate of drug-likeness (QED) is 0.499. The Bertz CT molecular complexity index is 1000. The molecule has 0 aliphatic carbocycles. The molecule has 0 unspecified atom stereocenters. The van der Waals surface area contributed by atoms with E-state index >= 15 is 0 Å². The molecule has 0 atom stereocenters. The van der Waals surface area contributed by atoms with Crippen molar-refractivity contribution in [2.45, 2.75) is 17.9 Å². The molecular weight excluding hydrogens is 417 g/mol. The highest BCUT2D eigenvalue weighted by Crippen LogP contribution is 2.21. The molecule has 31 heavy (non-hydrogen) atoms. The third-order valence-corrected chi connectivity index (χ3v) is 7.37. The van der Waals surface area contributed by atoms with E-state index < -0.39 is 10.0 Å². The summed E-state index contributed by atoms with van der Waals surface area (Å²) in [5.74, 6) is 0.304. The maximum atomic E-state index is 13.8. The summed E-state index contributed by atoms with van der Waals surface area (Å²) < 4.78 is 41.7. The van der Waals surface area contributed by atoms with Crippen molar-refractivity contribution < 1.29 is 12.8 Å². The fourth-order valence-electron chi connectivity index (χ4n) is 3.49. The van der Waals surface area contributed by atoms with Crippen LogP contribution >= 0.6 is 0 Å². The van der Waals surface area contributed by atoms with Crippen molar-refractivity contribution in [1.29, 1.82) is 0 Å². The van der Waals surface area contributed by atoms with E-state index in [9.17, 15) is 12.8 Å². The van der Waals surface area contributed by atoms with E-state index in [1.807, 2.05) is 25.2 Å². The van der Waals surface area contributed by atoms with E-state index in [0.717, 1.165) is 13.1 Å². The summed E-state index contributed by atoms with van der Waals surface area (Å²) in [4.78, 5) is 6.62. The lowest BCUT2D eigenvalue weighted by Gasteiger charge is -2.32. The zero-order valence-corrected chi connectivity index (χ0v) is 18.8. The number of nitrogens with zero attached hydrogens (tertiary/aromatic N) is 3. The summed E-state index contributed by atoms with van der Waals surface area (Å²) in [7, 11) is 0.0731. The highest BCUT2D eigenvalue weighted by molar-refractivity contribution is 7.89. The molecule has 0 aromatic heterocycles. The number of likely N-dealkylation sites (N-methyl/N-ethyl adjacent to an activating group) is 1. The molecule has 0 spiro atoms. The summed E-state index contributed by atoms with van der Waals surface area (Å²) in [6.45, 7) is 3.22. The summed E-state index contributed by atoms with van der Waals surface area (Å²) in [5.41, 5.74) is 1.31. The van der Waals surface area contributed by atoms with Crippen LogP contribution in [0.25, 0.3) is 0 Å². The molecule has 1 aliphatic heterocycles. The number of guanidine groups is 1. The second-order valence-electron chi connectivity index (χ2n) is 7.51. The summed E-state index contributed by atoms with van der Waals surface area (Å²) in [5, 5.41) is 6.31. The smallest absolute Gasteiger partial charge is 0.243 e. The maximum Gasteiger partial charge on any atom is 0.243 e. The van der Waals surface area contributed by atoms with Crippen molar-refractivity contribution in [1.82, 2.24) is 19.8 Å². The highest BCUT2D eigenvalue weighted by atomic mass is 32.2. The Balaban J connectivity index is 1.61. The minimum Gasteiger partial charge on any atom is -0.356 e. The fourth-order valence-corrected chi connectivity index (χ4v) is 5.13. The SMILES string of the molecule is CN=C(NCCc1ccccc1F)NCc1ccccc1S(=O)(=O)N1CCN(C)CC1. The lowest BCUT2D eigenvalue weighted by Crippen LogP contribution is -2.47. The molecule has 0 radical (unpaired) electrons. The first-order chi connectivity index (χ1) is 14.9. The fraction of sp³-hybridized carbons (Fsp3) is 0.409. The van der Waals surface area contributed by atoms with Gasteiger partial charge in [0.05, 0.1) is 4.90 Å². The molecule has 7 nitrogen and oxygen atoms in total. The largest absolute Gasteiger partial charge is 0.356 e. The van der Waals surface area contributed by atoms with Gasteiger partial charge in [-0.3, -0.25) is 4.99 Å². The molecule has 168 valence electrons. The van der Waals surface area contributed by atoms with E-state index in [1.165, 1.54) is 6.07 Å². The summed E-state index contributed by atoms with van der Waals surface area (Å²) in [6, 6.07) is 13.7. The molecule has 1 aliphatic rings. The number of nitrogens with one attached hydrogen (secondary N) is 2. The topological polar surface area (TPSA) is 77.0 Å². The highest BCUT2D eigenvalue weighted by Gasteiger charge is 2.29. The van der Waals surface area contributed by atoms with Crippen LogP contribution in [0, 0.1) is 5.82 Å². The minimum absolute atomic E-state index is 0.227. The summed E-state index contributed by atoms with van der Waals surface area (Å²) >= 11 is 0. The zero-order chi connectivity index (χ0) is 22.3. The Morgan fingerprint density at radius 2 is 1.65 bits per heavy atom. The minimum atomic E-state index is -3.56. The van der Waals surface area contributed by atoms with Crippen molar-refractivity contribution in [3.05, 3.63) is 65.5 Å². The number of halogens is 1. The van der Waals surface area contributed by atoms with E-state index in [0.29, 0.717) is 54.6 Å². The van der Waals surface area contributed by atoms with Gasteiger partial charge < -0.3 is 15.5 Å². The van der Waals surface area contributed by atoms with Crippen LogP contribution in [-0.2, 0) is 23.0 Å². The number of piperazine rings is 1. The van der Waals surface area contributed by atoms with Gasteiger partial charge in [0.25, 0.3) is 0 Å². The van der Waals surface area contributed by atoms with Gasteiger partial charge in [-0.2, -0.15) is 4.31 Å². The number of sulfonamides is 1.